The highest BCUT2D eigenvalue weighted by Crippen LogP contribution is 2.21. The smallest absolute Gasteiger partial charge is 0.126 e. The summed E-state index contributed by atoms with van der Waals surface area (Å²) in [6.45, 7) is 6.18. The molecule has 0 spiro atoms. The molecule has 0 aliphatic heterocycles. The highest BCUT2D eigenvalue weighted by molar-refractivity contribution is 5.66. The summed E-state index contributed by atoms with van der Waals surface area (Å²) in [7, 11) is 0. The van der Waals surface area contributed by atoms with Gasteiger partial charge in [-0.3, -0.25) is 0 Å². The lowest BCUT2D eigenvalue weighted by molar-refractivity contribution is 0.618. The third kappa shape index (κ3) is 2.16. The van der Waals surface area contributed by atoms with Crippen molar-refractivity contribution in [3.63, 3.8) is 0 Å². The minimum absolute atomic E-state index is 0.185. The minimum Gasteiger partial charge on any atom is -0.330 e. The van der Waals surface area contributed by atoms with Gasteiger partial charge in [0.05, 0.1) is 0 Å². The molecule has 1 nitrogen and oxygen atoms in total. The number of hydrogen-bond donors (Lipinski definition) is 1. The first-order valence-electron chi connectivity index (χ1n) is 4.30. The highest BCUT2D eigenvalue weighted by atomic mass is 19.1. The largest absolute Gasteiger partial charge is 0.330 e. The molecule has 70 valence electrons. The fourth-order valence-corrected chi connectivity index (χ4v) is 1.30. The Labute approximate surface area is 78.1 Å². The lowest BCUT2D eigenvalue weighted by Crippen LogP contribution is -2.00. The van der Waals surface area contributed by atoms with Gasteiger partial charge in [-0.25, -0.2) is 4.39 Å². The molecular formula is C11H14FN. The van der Waals surface area contributed by atoms with Crippen LogP contribution in [0.3, 0.4) is 0 Å². The topological polar surface area (TPSA) is 26.0 Å². The van der Waals surface area contributed by atoms with Crippen LogP contribution in [-0.4, -0.2) is 6.54 Å². The van der Waals surface area contributed by atoms with E-state index in [1.807, 2.05) is 6.07 Å². The van der Waals surface area contributed by atoms with E-state index < -0.39 is 0 Å². The van der Waals surface area contributed by atoms with Crippen molar-refractivity contribution in [3.8, 4) is 0 Å². The number of hydrogen-bond acceptors (Lipinski definition) is 1. The predicted octanol–water partition coefficient (Wildman–Crippen LogP) is 2.50. The van der Waals surface area contributed by atoms with E-state index in [2.05, 4.69) is 6.58 Å². The van der Waals surface area contributed by atoms with E-state index in [1.54, 1.807) is 13.0 Å². The van der Waals surface area contributed by atoms with E-state index in [0.717, 1.165) is 11.1 Å². The molecule has 0 fully saturated rings. The Morgan fingerprint density at radius 1 is 1.54 bits per heavy atom. The van der Waals surface area contributed by atoms with Gasteiger partial charge >= 0.3 is 0 Å². The minimum atomic E-state index is -0.185. The standard InChI is InChI=1S/C11H14FN/c1-8(6-7-13)10-4-3-5-11(12)9(10)2/h3-5H,1,6-7,13H2,2H3. The molecule has 0 aromatic heterocycles. The number of benzene rings is 1. The fourth-order valence-electron chi connectivity index (χ4n) is 1.30. The second-order valence-corrected chi connectivity index (χ2v) is 3.05. The summed E-state index contributed by atoms with van der Waals surface area (Å²) < 4.78 is 13.1. The first-order chi connectivity index (χ1) is 6.16. The van der Waals surface area contributed by atoms with Crippen LogP contribution in [0, 0.1) is 12.7 Å². The van der Waals surface area contributed by atoms with E-state index in [1.165, 1.54) is 6.07 Å². The molecule has 0 saturated carbocycles. The normalized spacial score (nSPS) is 10.1. The molecular weight excluding hydrogens is 165 g/mol. The van der Waals surface area contributed by atoms with Crippen LogP contribution in [0.25, 0.3) is 5.57 Å². The quantitative estimate of drug-likeness (QED) is 0.758. The summed E-state index contributed by atoms with van der Waals surface area (Å²) in [4.78, 5) is 0. The van der Waals surface area contributed by atoms with E-state index >= 15 is 0 Å². The van der Waals surface area contributed by atoms with Crippen LogP contribution in [0.15, 0.2) is 24.8 Å². The molecule has 0 radical (unpaired) electrons. The van der Waals surface area contributed by atoms with Crippen LogP contribution < -0.4 is 5.73 Å². The Morgan fingerprint density at radius 2 is 2.23 bits per heavy atom. The summed E-state index contributed by atoms with van der Waals surface area (Å²) >= 11 is 0. The Bertz CT molecular complexity index is 318. The maximum Gasteiger partial charge on any atom is 0.126 e. The second-order valence-electron chi connectivity index (χ2n) is 3.05. The monoisotopic (exact) mass is 179 g/mol. The zero-order valence-electron chi connectivity index (χ0n) is 7.81. The Kier molecular flexibility index (Phi) is 3.20. The van der Waals surface area contributed by atoms with Gasteiger partial charge in [0.15, 0.2) is 0 Å². The van der Waals surface area contributed by atoms with E-state index in [0.29, 0.717) is 18.5 Å². The van der Waals surface area contributed by atoms with Gasteiger partial charge in [-0.1, -0.05) is 18.7 Å². The van der Waals surface area contributed by atoms with Gasteiger partial charge in [0.2, 0.25) is 0 Å². The summed E-state index contributed by atoms with van der Waals surface area (Å²) in [5, 5.41) is 0. The van der Waals surface area contributed by atoms with Gasteiger partial charge in [0.1, 0.15) is 5.82 Å². The van der Waals surface area contributed by atoms with Gasteiger partial charge in [-0.15, -0.1) is 0 Å². The average molecular weight is 179 g/mol. The van der Waals surface area contributed by atoms with Crippen molar-refractivity contribution in [2.75, 3.05) is 6.54 Å². The highest BCUT2D eigenvalue weighted by Gasteiger charge is 2.05. The molecule has 0 aliphatic rings. The number of rotatable bonds is 3. The van der Waals surface area contributed by atoms with Crippen LogP contribution in [0.1, 0.15) is 17.5 Å². The lowest BCUT2D eigenvalue weighted by atomic mass is 9.99. The summed E-state index contributed by atoms with van der Waals surface area (Å²) in [6, 6.07) is 5.02. The maximum absolute atomic E-state index is 13.1. The van der Waals surface area contributed by atoms with Crippen LogP contribution in [0.2, 0.25) is 0 Å². The third-order valence-electron chi connectivity index (χ3n) is 2.09. The van der Waals surface area contributed by atoms with Crippen molar-refractivity contribution < 1.29 is 4.39 Å². The van der Waals surface area contributed by atoms with Crippen molar-refractivity contribution in [1.82, 2.24) is 0 Å². The molecule has 0 heterocycles. The van der Waals surface area contributed by atoms with E-state index in [-0.39, 0.29) is 5.82 Å². The predicted molar refractivity (Wildman–Crippen MR) is 53.8 cm³/mol. The zero-order chi connectivity index (χ0) is 9.84. The molecule has 1 rings (SSSR count). The van der Waals surface area contributed by atoms with Crippen molar-refractivity contribution in [2.45, 2.75) is 13.3 Å². The molecule has 0 atom stereocenters. The molecule has 0 unspecified atom stereocenters. The molecule has 0 aliphatic carbocycles. The summed E-state index contributed by atoms with van der Waals surface area (Å²) in [5.74, 6) is -0.185. The van der Waals surface area contributed by atoms with Gasteiger partial charge in [-0.05, 0) is 42.7 Å². The molecule has 0 saturated heterocycles. The van der Waals surface area contributed by atoms with Crippen LogP contribution >= 0.6 is 0 Å². The molecule has 0 amide bonds. The Hall–Kier alpha value is -1.15. The lowest BCUT2D eigenvalue weighted by Gasteiger charge is -2.08. The Balaban J connectivity index is 3.01. The maximum atomic E-state index is 13.1. The summed E-state index contributed by atoms with van der Waals surface area (Å²) in [5.41, 5.74) is 7.84. The third-order valence-corrected chi connectivity index (χ3v) is 2.09. The number of halogens is 1. The van der Waals surface area contributed by atoms with E-state index in [4.69, 9.17) is 5.73 Å². The van der Waals surface area contributed by atoms with Gasteiger partial charge in [0, 0.05) is 0 Å². The first kappa shape index (κ1) is 9.93. The van der Waals surface area contributed by atoms with Crippen LogP contribution in [0.4, 0.5) is 4.39 Å². The van der Waals surface area contributed by atoms with Crippen LogP contribution in [-0.2, 0) is 0 Å². The Morgan fingerprint density at radius 3 is 2.85 bits per heavy atom. The van der Waals surface area contributed by atoms with Crippen molar-refractivity contribution in [2.24, 2.45) is 5.73 Å². The van der Waals surface area contributed by atoms with Crippen molar-refractivity contribution >= 4 is 5.57 Å². The van der Waals surface area contributed by atoms with Gasteiger partial charge < -0.3 is 5.73 Å². The second kappa shape index (κ2) is 4.19. The van der Waals surface area contributed by atoms with Crippen LogP contribution in [0.5, 0.6) is 0 Å². The fraction of sp³-hybridized carbons (Fsp3) is 0.273. The molecule has 0 bridgehead atoms. The van der Waals surface area contributed by atoms with Crippen molar-refractivity contribution in [1.29, 1.82) is 0 Å². The molecule has 13 heavy (non-hydrogen) atoms. The average Bonchev–Trinajstić information content (AvgIpc) is 2.10. The number of nitrogens with two attached hydrogens (primary N) is 1. The zero-order valence-corrected chi connectivity index (χ0v) is 7.81. The molecule has 2 N–H and O–H groups in total. The SMILES string of the molecule is C=C(CCN)c1cccc(F)c1C. The van der Waals surface area contributed by atoms with Crippen molar-refractivity contribution in [3.05, 3.63) is 41.7 Å². The van der Waals surface area contributed by atoms with Gasteiger partial charge in [-0.2, -0.15) is 0 Å². The first-order valence-corrected chi connectivity index (χ1v) is 4.30. The molecule has 2 heteroatoms. The van der Waals surface area contributed by atoms with E-state index in [9.17, 15) is 4.39 Å². The van der Waals surface area contributed by atoms with Gasteiger partial charge in [0.25, 0.3) is 0 Å². The molecule has 1 aromatic rings. The summed E-state index contributed by atoms with van der Waals surface area (Å²) in [6.07, 6.45) is 0.713. The molecule has 1 aromatic carbocycles.